The predicted molar refractivity (Wildman–Crippen MR) is 84.6 cm³/mol. The second-order valence-electron chi connectivity index (χ2n) is 4.52. The minimum absolute atomic E-state index is 0.0786. The maximum absolute atomic E-state index is 12.6. The van der Waals surface area contributed by atoms with Gasteiger partial charge in [-0.15, -0.1) is 0 Å². The SMILES string of the molecule is COc1ccccc1N(C)C(=O)c1cc(C)ccc1Br. The molecule has 0 atom stereocenters. The topological polar surface area (TPSA) is 29.5 Å². The molecule has 2 aromatic rings. The van der Waals surface area contributed by atoms with Crippen molar-refractivity contribution in [2.24, 2.45) is 0 Å². The summed E-state index contributed by atoms with van der Waals surface area (Å²) in [5.74, 6) is 0.595. The number of ether oxygens (including phenoxy) is 1. The number of rotatable bonds is 3. The Labute approximate surface area is 127 Å². The number of nitrogens with zero attached hydrogens (tertiary/aromatic N) is 1. The number of para-hydroxylation sites is 2. The van der Waals surface area contributed by atoms with Crippen LogP contribution in [0.4, 0.5) is 5.69 Å². The summed E-state index contributed by atoms with van der Waals surface area (Å²) in [7, 11) is 3.34. The molecule has 0 aliphatic rings. The highest BCUT2D eigenvalue weighted by molar-refractivity contribution is 9.10. The summed E-state index contributed by atoms with van der Waals surface area (Å²) in [5, 5.41) is 0. The number of carbonyl (C=O) groups excluding carboxylic acids is 1. The zero-order valence-corrected chi connectivity index (χ0v) is 13.3. The second-order valence-corrected chi connectivity index (χ2v) is 5.37. The largest absolute Gasteiger partial charge is 0.495 e. The monoisotopic (exact) mass is 333 g/mol. The lowest BCUT2D eigenvalue weighted by Gasteiger charge is -2.20. The fourth-order valence-corrected chi connectivity index (χ4v) is 2.42. The van der Waals surface area contributed by atoms with Crippen LogP contribution in [0.15, 0.2) is 46.9 Å². The number of carbonyl (C=O) groups is 1. The molecule has 0 N–H and O–H groups in total. The highest BCUT2D eigenvalue weighted by Gasteiger charge is 2.18. The van der Waals surface area contributed by atoms with Crippen LogP contribution in [0.2, 0.25) is 0 Å². The van der Waals surface area contributed by atoms with Gasteiger partial charge in [-0.2, -0.15) is 0 Å². The van der Waals surface area contributed by atoms with Crippen molar-refractivity contribution < 1.29 is 9.53 Å². The maximum atomic E-state index is 12.6. The van der Waals surface area contributed by atoms with Crippen molar-refractivity contribution >= 4 is 27.5 Å². The Morgan fingerprint density at radius 1 is 1.20 bits per heavy atom. The van der Waals surface area contributed by atoms with Crippen molar-refractivity contribution in [2.45, 2.75) is 6.92 Å². The zero-order valence-electron chi connectivity index (χ0n) is 11.7. The molecule has 0 saturated heterocycles. The molecule has 20 heavy (non-hydrogen) atoms. The lowest BCUT2D eigenvalue weighted by Crippen LogP contribution is -2.27. The van der Waals surface area contributed by atoms with Gasteiger partial charge in [0, 0.05) is 11.5 Å². The second kappa shape index (κ2) is 6.09. The Balaban J connectivity index is 2.40. The number of benzene rings is 2. The molecule has 3 nitrogen and oxygen atoms in total. The molecule has 0 spiro atoms. The van der Waals surface area contributed by atoms with Crippen LogP contribution in [-0.2, 0) is 0 Å². The molecule has 0 aliphatic heterocycles. The molecule has 104 valence electrons. The number of anilines is 1. The van der Waals surface area contributed by atoms with Gasteiger partial charge in [-0.25, -0.2) is 0 Å². The fourth-order valence-electron chi connectivity index (χ4n) is 2.00. The van der Waals surface area contributed by atoms with E-state index in [4.69, 9.17) is 4.74 Å². The summed E-state index contributed by atoms with van der Waals surface area (Å²) in [6.07, 6.45) is 0. The van der Waals surface area contributed by atoms with Crippen LogP contribution in [-0.4, -0.2) is 20.1 Å². The summed E-state index contributed by atoms with van der Waals surface area (Å²) in [5.41, 5.74) is 2.43. The van der Waals surface area contributed by atoms with E-state index in [1.807, 2.05) is 49.4 Å². The minimum atomic E-state index is -0.0786. The van der Waals surface area contributed by atoms with Crippen molar-refractivity contribution in [3.63, 3.8) is 0 Å². The third-order valence-electron chi connectivity index (χ3n) is 3.10. The lowest BCUT2D eigenvalue weighted by molar-refractivity contribution is 0.0991. The fraction of sp³-hybridized carbons (Fsp3) is 0.188. The smallest absolute Gasteiger partial charge is 0.259 e. The summed E-state index contributed by atoms with van der Waals surface area (Å²) < 4.78 is 6.09. The van der Waals surface area contributed by atoms with E-state index in [0.29, 0.717) is 11.3 Å². The average Bonchev–Trinajstić information content (AvgIpc) is 2.48. The Kier molecular flexibility index (Phi) is 4.45. The van der Waals surface area contributed by atoms with Crippen LogP contribution in [0, 0.1) is 6.92 Å². The van der Waals surface area contributed by atoms with E-state index in [1.165, 1.54) is 0 Å². The molecular formula is C16H16BrNO2. The molecule has 0 aliphatic carbocycles. The maximum Gasteiger partial charge on any atom is 0.259 e. The highest BCUT2D eigenvalue weighted by Crippen LogP contribution is 2.29. The van der Waals surface area contributed by atoms with Crippen LogP contribution in [0.3, 0.4) is 0 Å². The van der Waals surface area contributed by atoms with Gasteiger partial charge in [0.1, 0.15) is 5.75 Å². The van der Waals surface area contributed by atoms with E-state index in [1.54, 1.807) is 19.1 Å². The van der Waals surface area contributed by atoms with Crippen LogP contribution >= 0.6 is 15.9 Å². The number of amides is 1. The summed E-state index contributed by atoms with van der Waals surface area (Å²) in [6, 6.07) is 13.2. The van der Waals surface area contributed by atoms with E-state index in [2.05, 4.69) is 15.9 Å². The molecular weight excluding hydrogens is 318 g/mol. The number of halogens is 1. The van der Waals surface area contributed by atoms with Gasteiger partial charge >= 0.3 is 0 Å². The first-order valence-electron chi connectivity index (χ1n) is 6.22. The molecule has 2 rings (SSSR count). The highest BCUT2D eigenvalue weighted by atomic mass is 79.9. The predicted octanol–water partition coefficient (Wildman–Crippen LogP) is 4.04. The van der Waals surface area contributed by atoms with Crippen LogP contribution in [0.25, 0.3) is 0 Å². The summed E-state index contributed by atoms with van der Waals surface area (Å²) in [6.45, 7) is 1.96. The zero-order chi connectivity index (χ0) is 14.7. The Morgan fingerprint density at radius 2 is 1.90 bits per heavy atom. The van der Waals surface area contributed by atoms with E-state index in [0.717, 1.165) is 15.7 Å². The number of hydrogen-bond acceptors (Lipinski definition) is 2. The normalized spacial score (nSPS) is 10.2. The Bertz CT molecular complexity index is 640. The Hall–Kier alpha value is -1.81. The van der Waals surface area contributed by atoms with Gasteiger partial charge < -0.3 is 9.64 Å². The van der Waals surface area contributed by atoms with Crippen LogP contribution in [0.1, 0.15) is 15.9 Å². The van der Waals surface area contributed by atoms with Crippen LogP contribution in [0.5, 0.6) is 5.75 Å². The van der Waals surface area contributed by atoms with Crippen molar-refractivity contribution in [3.8, 4) is 5.75 Å². The molecule has 1 amide bonds. The van der Waals surface area contributed by atoms with Crippen molar-refractivity contribution in [1.29, 1.82) is 0 Å². The Morgan fingerprint density at radius 3 is 2.60 bits per heavy atom. The van der Waals surface area contributed by atoms with Gasteiger partial charge in [-0.1, -0.05) is 23.8 Å². The minimum Gasteiger partial charge on any atom is -0.495 e. The van der Waals surface area contributed by atoms with Crippen molar-refractivity contribution in [2.75, 3.05) is 19.1 Å². The third kappa shape index (κ3) is 2.85. The standard InChI is InChI=1S/C16H16BrNO2/c1-11-8-9-13(17)12(10-11)16(19)18(2)14-6-4-5-7-15(14)20-3/h4-10H,1-3H3. The lowest BCUT2D eigenvalue weighted by atomic mass is 10.1. The van der Waals surface area contributed by atoms with E-state index in [-0.39, 0.29) is 5.91 Å². The first-order valence-corrected chi connectivity index (χ1v) is 7.01. The van der Waals surface area contributed by atoms with Gasteiger partial charge in [-0.3, -0.25) is 4.79 Å². The molecule has 4 heteroatoms. The summed E-state index contributed by atoms with van der Waals surface area (Å²) in [4.78, 5) is 14.2. The number of methoxy groups -OCH3 is 1. The first-order chi connectivity index (χ1) is 9.54. The van der Waals surface area contributed by atoms with Gasteiger partial charge in [0.25, 0.3) is 5.91 Å². The van der Waals surface area contributed by atoms with Crippen LogP contribution < -0.4 is 9.64 Å². The molecule has 0 bridgehead atoms. The third-order valence-corrected chi connectivity index (χ3v) is 3.79. The number of hydrogen-bond donors (Lipinski definition) is 0. The van der Waals surface area contributed by atoms with Gasteiger partial charge in [0.2, 0.25) is 0 Å². The van der Waals surface area contributed by atoms with Crippen molar-refractivity contribution in [1.82, 2.24) is 0 Å². The summed E-state index contributed by atoms with van der Waals surface area (Å²) >= 11 is 3.43. The number of aryl methyl sites for hydroxylation is 1. The average molecular weight is 334 g/mol. The van der Waals surface area contributed by atoms with E-state index < -0.39 is 0 Å². The molecule has 0 radical (unpaired) electrons. The molecule has 0 saturated carbocycles. The van der Waals surface area contributed by atoms with E-state index in [9.17, 15) is 4.79 Å². The molecule has 0 fully saturated rings. The molecule has 2 aromatic carbocycles. The van der Waals surface area contributed by atoms with Gasteiger partial charge in [0.15, 0.2) is 0 Å². The van der Waals surface area contributed by atoms with E-state index >= 15 is 0 Å². The molecule has 0 unspecified atom stereocenters. The molecule has 0 aromatic heterocycles. The first kappa shape index (κ1) is 14.6. The quantitative estimate of drug-likeness (QED) is 0.848. The van der Waals surface area contributed by atoms with Gasteiger partial charge in [0.05, 0.1) is 18.4 Å². The molecule has 0 heterocycles. The van der Waals surface area contributed by atoms with Crippen molar-refractivity contribution in [3.05, 3.63) is 58.1 Å². The van der Waals surface area contributed by atoms with Gasteiger partial charge in [-0.05, 0) is 47.1 Å².